The lowest BCUT2D eigenvalue weighted by Crippen LogP contribution is -2.55. The quantitative estimate of drug-likeness (QED) is 0.600. The van der Waals surface area contributed by atoms with Gasteiger partial charge >= 0.3 is 12.1 Å². The summed E-state index contributed by atoms with van der Waals surface area (Å²) in [6, 6.07) is -1.53. The fourth-order valence-electron chi connectivity index (χ4n) is 2.02. The minimum absolute atomic E-state index is 0.119. The van der Waals surface area contributed by atoms with Crippen molar-refractivity contribution in [3.8, 4) is 0 Å². The number of methoxy groups -OCH3 is 1. The zero-order chi connectivity index (χ0) is 19.6. The van der Waals surface area contributed by atoms with E-state index in [0.29, 0.717) is 18.6 Å². The lowest BCUT2D eigenvalue weighted by molar-refractivity contribution is -0.145. The summed E-state index contributed by atoms with van der Waals surface area (Å²) in [6.07, 6.45) is 2.40. The summed E-state index contributed by atoms with van der Waals surface area (Å²) < 4.78 is 9.98. The standard InChI is InChI=1S/C17H32N2O5S/c1-8-11(2)13(19-16(22)24-17(3,4)5)14(20)18-12(9-10-25-7)15(21)23-6/h11-13H,8-10H2,1-7H3,(H,18,20)(H,19,22). The molecule has 0 rings (SSSR count). The number of thioether (sulfide) groups is 1. The molecule has 0 saturated heterocycles. The van der Waals surface area contributed by atoms with Crippen LogP contribution < -0.4 is 10.6 Å². The number of alkyl carbamates (subject to hydrolysis) is 1. The minimum Gasteiger partial charge on any atom is -0.467 e. The molecular formula is C17H32N2O5S. The first-order valence-corrected chi connectivity index (χ1v) is 9.81. The molecule has 0 saturated carbocycles. The van der Waals surface area contributed by atoms with Crippen molar-refractivity contribution in [1.29, 1.82) is 0 Å². The highest BCUT2D eigenvalue weighted by Crippen LogP contribution is 2.12. The molecule has 0 heterocycles. The predicted octanol–water partition coefficient (Wildman–Crippen LogP) is 2.34. The Labute approximate surface area is 155 Å². The van der Waals surface area contributed by atoms with Crippen LogP contribution in [-0.2, 0) is 19.1 Å². The molecule has 0 aromatic heterocycles. The molecule has 0 fully saturated rings. The Kier molecular flexibility index (Phi) is 10.6. The fourth-order valence-corrected chi connectivity index (χ4v) is 2.50. The van der Waals surface area contributed by atoms with Gasteiger partial charge < -0.3 is 20.1 Å². The number of hydrogen-bond acceptors (Lipinski definition) is 6. The first-order chi connectivity index (χ1) is 11.6. The van der Waals surface area contributed by atoms with E-state index in [0.717, 1.165) is 0 Å². The molecule has 0 aromatic carbocycles. The van der Waals surface area contributed by atoms with Crippen LogP contribution in [0, 0.1) is 5.92 Å². The first kappa shape index (κ1) is 23.6. The second kappa shape index (κ2) is 11.2. The Bertz CT molecular complexity index is 451. The SMILES string of the molecule is CCC(C)C(NC(=O)OC(C)(C)C)C(=O)NC(CCSC)C(=O)OC. The lowest BCUT2D eigenvalue weighted by atomic mass is 9.98. The average molecular weight is 377 g/mol. The molecule has 0 radical (unpaired) electrons. The third-order valence-electron chi connectivity index (χ3n) is 3.58. The second-order valence-electron chi connectivity index (χ2n) is 6.88. The van der Waals surface area contributed by atoms with E-state index in [2.05, 4.69) is 10.6 Å². The Hall–Kier alpha value is -1.44. The number of carbonyl (C=O) groups excluding carboxylic acids is 3. The summed E-state index contributed by atoms with van der Waals surface area (Å²) in [5, 5.41) is 5.30. The molecule has 8 heteroatoms. The Morgan fingerprint density at radius 1 is 1.16 bits per heavy atom. The van der Waals surface area contributed by atoms with Crippen LogP contribution in [0.25, 0.3) is 0 Å². The molecule has 2 N–H and O–H groups in total. The van der Waals surface area contributed by atoms with Crippen molar-refractivity contribution in [1.82, 2.24) is 10.6 Å². The molecule has 0 aliphatic heterocycles. The average Bonchev–Trinajstić information content (AvgIpc) is 2.53. The van der Waals surface area contributed by atoms with Gasteiger partial charge in [0.05, 0.1) is 7.11 Å². The van der Waals surface area contributed by atoms with Crippen LogP contribution in [0.1, 0.15) is 47.5 Å². The highest BCUT2D eigenvalue weighted by atomic mass is 32.2. The lowest BCUT2D eigenvalue weighted by Gasteiger charge is -2.27. The molecular weight excluding hydrogens is 344 g/mol. The number of esters is 1. The third-order valence-corrected chi connectivity index (χ3v) is 4.22. The molecule has 0 aliphatic carbocycles. The fraction of sp³-hybridized carbons (Fsp3) is 0.824. The molecule has 3 atom stereocenters. The largest absolute Gasteiger partial charge is 0.467 e. The molecule has 0 spiro atoms. The van der Waals surface area contributed by atoms with Gasteiger partial charge in [-0.25, -0.2) is 9.59 Å². The number of hydrogen-bond donors (Lipinski definition) is 2. The number of carbonyl (C=O) groups is 3. The smallest absolute Gasteiger partial charge is 0.408 e. The van der Waals surface area contributed by atoms with Gasteiger partial charge in [0.25, 0.3) is 0 Å². The molecule has 25 heavy (non-hydrogen) atoms. The Morgan fingerprint density at radius 2 is 1.76 bits per heavy atom. The van der Waals surface area contributed by atoms with Gasteiger partial charge in [-0.05, 0) is 45.1 Å². The monoisotopic (exact) mass is 376 g/mol. The molecule has 0 bridgehead atoms. The molecule has 2 amide bonds. The van der Waals surface area contributed by atoms with Gasteiger partial charge in [0.2, 0.25) is 5.91 Å². The predicted molar refractivity (Wildman–Crippen MR) is 99.6 cm³/mol. The Balaban J connectivity index is 5.08. The maximum atomic E-state index is 12.6. The van der Waals surface area contributed by atoms with E-state index in [1.807, 2.05) is 20.1 Å². The van der Waals surface area contributed by atoms with Crippen molar-refractivity contribution in [3.63, 3.8) is 0 Å². The first-order valence-electron chi connectivity index (χ1n) is 8.42. The van der Waals surface area contributed by atoms with Crippen molar-refractivity contribution in [2.45, 2.75) is 65.1 Å². The zero-order valence-electron chi connectivity index (χ0n) is 16.3. The Morgan fingerprint density at radius 3 is 2.20 bits per heavy atom. The van der Waals surface area contributed by atoms with E-state index < -0.39 is 35.7 Å². The highest BCUT2D eigenvalue weighted by molar-refractivity contribution is 7.98. The van der Waals surface area contributed by atoms with Crippen LogP contribution in [0.15, 0.2) is 0 Å². The molecule has 0 aromatic rings. The van der Waals surface area contributed by atoms with E-state index in [4.69, 9.17) is 9.47 Å². The molecule has 0 aliphatic rings. The topological polar surface area (TPSA) is 93.7 Å². The summed E-state index contributed by atoms with van der Waals surface area (Å²) in [5.74, 6) is -0.335. The van der Waals surface area contributed by atoms with Gasteiger partial charge in [-0.15, -0.1) is 0 Å². The summed E-state index contributed by atoms with van der Waals surface area (Å²) in [5.41, 5.74) is -0.659. The third kappa shape index (κ3) is 9.57. The van der Waals surface area contributed by atoms with Crippen molar-refractivity contribution in [2.75, 3.05) is 19.1 Å². The van der Waals surface area contributed by atoms with Crippen LogP contribution >= 0.6 is 11.8 Å². The van der Waals surface area contributed by atoms with Crippen molar-refractivity contribution >= 4 is 29.7 Å². The van der Waals surface area contributed by atoms with Crippen molar-refractivity contribution in [3.05, 3.63) is 0 Å². The van der Waals surface area contributed by atoms with E-state index in [1.165, 1.54) is 7.11 Å². The normalized spacial score (nSPS) is 14.8. The van der Waals surface area contributed by atoms with E-state index >= 15 is 0 Å². The highest BCUT2D eigenvalue weighted by Gasteiger charge is 2.31. The number of nitrogens with one attached hydrogen (secondary N) is 2. The molecule has 7 nitrogen and oxygen atoms in total. The van der Waals surface area contributed by atoms with Crippen LogP contribution in [0.3, 0.4) is 0 Å². The molecule has 3 unspecified atom stereocenters. The summed E-state index contributed by atoms with van der Waals surface area (Å²) in [7, 11) is 1.28. The van der Waals surface area contributed by atoms with Crippen molar-refractivity contribution in [2.24, 2.45) is 5.92 Å². The van der Waals surface area contributed by atoms with Gasteiger partial charge in [-0.1, -0.05) is 20.3 Å². The summed E-state index contributed by atoms with van der Waals surface area (Å²) >= 11 is 1.57. The number of amides is 2. The van der Waals surface area contributed by atoms with Gasteiger partial charge in [0.15, 0.2) is 0 Å². The van der Waals surface area contributed by atoms with Crippen LogP contribution in [0.2, 0.25) is 0 Å². The second-order valence-corrected chi connectivity index (χ2v) is 7.86. The number of ether oxygens (including phenoxy) is 2. The van der Waals surface area contributed by atoms with Gasteiger partial charge in [0, 0.05) is 0 Å². The van der Waals surface area contributed by atoms with Crippen molar-refractivity contribution < 1.29 is 23.9 Å². The maximum Gasteiger partial charge on any atom is 0.408 e. The van der Waals surface area contributed by atoms with Gasteiger partial charge in [0.1, 0.15) is 17.7 Å². The van der Waals surface area contributed by atoms with Crippen LogP contribution in [0.4, 0.5) is 4.79 Å². The van der Waals surface area contributed by atoms with Crippen LogP contribution in [-0.4, -0.2) is 54.8 Å². The summed E-state index contributed by atoms with van der Waals surface area (Å²) in [6.45, 7) is 9.03. The molecule has 146 valence electrons. The maximum absolute atomic E-state index is 12.6. The van der Waals surface area contributed by atoms with E-state index in [9.17, 15) is 14.4 Å². The van der Waals surface area contributed by atoms with E-state index in [-0.39, 0.29) is 5.92 Å². The van der Waals surface area contributed by atoms with E-state index in [1.54, 1.807) is 32.5 Å². The van der Waals surface area contributed by atoms with Crippen LogP contribution in [0.5, 0.6) is 0 Å². The summed E-state index contributed by atoms with van der Waals surface area (Å²) in [4.78, 5) is 36.5. The number of rotatable bonds is 9. The minimum atomic E-state index is -0.790. The van der Waals surface area contributed by atoms with Gasteiger partial charge in [-0.3, -0.25) is 4.79 Å². The van der Waals surface area contributed by atoms with Gasteiger partial charge in [-0.2, -0.15) is 11.8 Å². The zero-order valence-corrected chi connectivity index (χ0v) is 17.1.